The largest absolute Gasteiger partial charge is 0.466 e. The summed E-state index contributed by atoms with van der Waals surface area (Å²) in [5, 5.41) is 10.8. The molecule has 0 radical (unpaired) electrons. The number of aromatic nitrogens is 2. The molecule has 0 atom stereocenters. The zero-order valence-electron chi connectivity index (χ0n) is 21.9. The van der Waals surface area contributed by atoms with Gasteiger partial charge in [0.15, 0.2) is 0 Å². The number of halogens is 1. The van der Waals surface area contributed by atoms with Crippen LogP contribution in [0.25, 0.3) is 17.3 Å². The lowest BCUT2D eigenvalue weighted by atomic mass is 10.0. The van der Waals surface area contributed by atoms with E-state index in [-0.39, 0.29) is 17.7 Å². The van der Waals surface area contributed by atoms with Gasteiger partial charge in [0.2, 0.25) is 0 Å². The Balaban J connectivity index is 1.77. The van der Waals surface area contributed by atoms with Gasteiger partial charge in [0.1, 0.15) is 5.82 Å². The maximum Gasteiger partial charge on any atom is 0.305 e. The molecule has 0 saturated heterocycles. The first-order valence-corrected chi connectivity index (χ1v) is 12.5. The monoisotopic (exact) mass is 506 g/mol. The van der Waals surface area contributed by atoms with Crippen molar-refractivity contribution in [3.63, 3.8) is 0 Å². The average molecular weight is 507 g/mol. The molecule has 1 aromatic heterocycles. The highest BCUT2D eigenvalue weighted by Crippen LogP contribution is 2.30. The van der Waals surface area contributed by atoms with Gasteiger partial charge >= 0.3 is 5.97 Å². The van der Waals surface area contributed by atoms with Crippen molar-refractivity contribution in [1.29, 1.82) is 0 Å². The Labute approximate surface area is 217 Å². The summed E-state index contributed by atoms with van der Waals surface area (Å²) in [5.41, 5.74) is 3.65. The van der Waals surface area contributed by atoms with E-state index in [1.807, 2.05) is 39.0 Å². The fraction of sp³-hybridized carbons (Fsp3) is 0.345. The number of anilines is 2. The summed E-state index contributed by atoms with van der Waals surface area (Å²) in [5.74, 6) is -0.852. The van der Waals surface area contributed by atoms with Gasteiger partial charge in [0.05, 0.1) is 29.6 Å². The van der Waals surface area contributed by atoms with Crippen molar-refractivity contribution >= 4 is 29.3 Å². The minimum Gasteiger partial charge on any atom is -0.466 e. The van der Waals surface area contributed by atoms with Crippen LogP contribution in [0, 0.1) is 5.82 Å². The van der Waals surface area contributed by atoms with Crippen molar-refractivity contribution in [3.8, 4) is 11.3 Å². The summed E-state index contributed by atoms with van der Waals surface area (Å²) >= 11 is 0. The molecule has 0 fully saturated rings. The first kappa shape index (κ1) is 27.6. The molecule has 7 nitrogen and oxygen atoms in total. The lowest BCUT2D eigenvalue weighted by Gasteiger charge is -2.23. The lowest BCUT2D eigenvalue weighted by molar-refractivity contribution is -0.143. The maximum absolute atomic E-state index is 13.6. The molecular weight excluding hydrogens is 471 g/mol. The topological polar surface area (TPSA) is 85.3 Å². The van der Waals surface area contributed by atoms with Crippen LogP contribution in [-0.2, 0) is 15.1 Å². The molecular formula is C29H35FN4O3. The van der Waals surface area contributed by atoms with E-state index < -0.39 is 5.54 Å². The molecule has 1 amide bonds. The maximum atomic E-state index is 13.6. The molecule has 196 valence electrons. The van der Waals surface area contributed by atoms with Crippen molar-refractivity contribution in [3.05, 3.63) is 72.2 Å². The van der Waals surface area contributed by atoms with Crippen LogP contribution in [0.1, 0.15) is 62.9 Å². The number of unbranched alkanes of at least 4 members (excludes halogenated alkanes) is 1. The standard InChI is InChI=1S/C29H35FN4O3/c1-6-20-13-16-23(18-25(20)31-17-9-8-10-26(35)37-7-2)33-28(36)24-19-32-34(29(3,4)5)27(24)21-11-14-22(30)15-12-21/h6,11-16,18-19,31H,1,7-10,17H2,2-5H3,(H,33,36). The van der Waals surface area contributed by atoms with E-state index in [4.69, 9.17) is 4.74 Å². The number of nitrogens with one attached hydrogen (secondary N) is 2. The van der Waals surface area contributed by atoms with Gasteiger partial charge in [-0.3, -0.25) is 14.3 Å². The van der Waals surface area contributed by atoms with Crippen LogP contribution in [0.3, 0.4) is 0 Å². The molecule has 0 aliphatic carbocycles. The van der Waals surface area contributed by atoms with Gasteiger partial charge in [-0.05, 0) is 82.5 Å². The van der Waals surface area contributed by atoms with Crippen LogP contribution < -0.4 is 10.6 Å². The number of rotatable bonds is 11. The summed E-state index contributed by atoms with van der Waals surface area (Å²) < 4.78 is 20.3. The third-order valence-electron chi connectivity index (χ3n) is 5.73. The molecule has 0 bridgehead atoms. The smallest absolute Gasteiger partial charge is 0.305 e. The second-order valence-corrected chi connectivity index (χ2v) is 9.65. The number of carbonyl (C=O) groups is 2. The number of carbonyl (C=O) groups excluding carboxylic acids is 2. The van der Waals surface area contributed by atoms with Crippen LogP contribution in [0.5, 0.6) is 0 Å². The molecule has 2 N–H and O–H groups in total. The quantitative estimate of drug-likeness (QED) is 0.230. The Bertz CT molecular complexity index is 1240. The average Bonchev–Trinajstić information content (AvgIpc) is 3.31. The first-order chi connectivity index (χ1) is 17.6. The summed E-state index contributed by atoms with van der Waals surface area (Å²) in [7, 11) is 0. The first-order valence-electron chi connectivity index (χ1n) is 12.5. The fourth-order valence-corrected chi connectivity index (χ4v) is 3.92. The second kappa shape index (κ2) is 12.3. The van der Waals surface area contributed by atoms with Crippen LogP contribution in [-0.4, -0.2) is 34.8 Å². The molecule has 2 aromatic carbocycles. The van der Waals surface area contributed by atoms with Gasteiger partial charge in [-0.2, -0.15) is 5.10 Å². The number of ether oxygens (including phenoxy) is 1. The number of esters is 1. The number of amides is 1. The Morgan fingerprint density at radius 3 is 2.51 bits per heavy atom. The fourth-order valence-electron chi connectivity index (χ4n) is 3.92. The molecule has 0 aliphatic heterocycles. The summed E-state index contributed by atoms with van der Waals surface area (Å²) in [6.07, 6.45) is 5.18. The van der Waals surface area contributed by atoms with Crippen LogP contribution in [0.15, 0.2) is 55.2 Å². The van der Waals surface area contributed by atoms with Crippen molar-refractivity contribution in [2.75, 3.05) is 23.8 Å². The van der Waals surface area contributed by atoms with Crippen LogP contribution >= 0.6 is 0 Å². The zero-order valence-corrected chi connectivity index (χ0v) is 21.9. The van der Waals surface area contributed by atoms with Gasteiger partial charge in [0, 0.05) is 29.9 Å². The molecule has 37 heavy (non-hydrogen) atoms. The SMILES string of the molecule is C=Cc1ccc(NC(=O)c2cnn(C(C)(C)C)c2-c2ccc(F)cc2)cc1NCCCCC(=O)OCC. The third-order valence-corrected chi connectivity index (χ3v) is 5.73. The lowest BCUT2D eigenvalue weighted by Crippen LogP contribution is -2.24. The number of hydrogen-bond acceptors (Lipinski definition) is 5. The minimum atomic E-state index is -0.391. The molecule has 0 unspecified atom stereocenters. The predicted octanol–water partition coefficient (Wildman–Crippen LogP) is 6.48. The highest BCUT2D eigenvalue weighted by molar-refractivity contribution is 6.08. The van der Waals surface area contributed by atoms with Gasteiger partial charge in [-0.25, -0.2) is 4.39 Å². The minimum absolute atomic E-state index is 0.186. The van der Waals surface area contributed by atoms with Crippen molar-refractivity contribution in [1.82, 2.24) is 9.78 Å². The zero-order chi connectivity index (χ0) is 27.0. The van der Waals surface area contributed by atoms with E-state index in [0.29, 0.717) is 42.1 Å². The van der Waals surface area contributed by atoms with E-state index in [9.17, 15) is 14.0 Å². The van der Waals surface area contributed by atoms with Crippen LogP contribution in [0.4, 0.5) is 15.8 Å². The highest BCUT2D eigenvalue weighted by Gasteiger charge is 2.25. The van der Waals surface area contributed by atoms with Gasteiger partial charge in [-0.15, -0.1) is 0 Å². The van der Waals surface area contributed by atoms with Gasteiger partial charge in [-0.1, -0.05) is 18.7 Å². The molecule has 3 rings (SSSR count). The van der Waals surface area contributed by atoms with Crippen molar-refractivity contribution in [2.24, 2.45) is 0 Å². The van der Waals surface area contributed by atoms with Crippen LogP contribution in [0.2, 0.25) is 0 Å². The van der Waals surface area contributed by atoms with E-state index >= 15 is 0 Å². The normalized spacial score (nSPS) is 11.2. The molecule has 1 heterocycles. The highest BCUT2D eigenvalue weighted by atomic mass is 19.1. The van der Waals surface area contributed by atoms with Gasteiger partial charge < -0.3 is 15.4 Å². The Hall–Kier alpha value is -3.94. The molecule has 8 heteroatoms. The van der Waals surface area contributed by atoms with E-state index in [2.05, 4.69) is 22.3 Å². The predicted molar refractivity (Wildman–Crippen MR) is 146 cm³/mol. The van der Waals surface area contributed by atoms with E-state index in [0.717, 1.165) is 24.1 Å². The summed E-state index contributed by atoms with van der Waals surface area (Å²) in [6, 6.07) is 11.6. The Morgan fingerprint density at radius 2 is 1.86 bits per heavy atom. The van der Waals surface area contributed by atoms with Gasteiger partial charge in [0.25, 0.3) is 5.91 Å². The molecule has 3 aromatic rings. The number of nitrogens with zero attached hydrogens (tertiary/aromatic N) is 2. The Kier molecular flexibility index (Phi) is 9.22. The van der Waals surface area contributed by atoms with E-state index in [1.54, 1.807) is 36.0 Å². The molecule has 0 spiro atoms. The third kappa shape index (κ3) is 7.29. The Morgan fingerprint density at radius 1 is 1.14 bits per heavy atom. The molecule has 0 aliphatic rings. The van der Waals surface area contributed by atoms with Crippen molar-refractivity contribution in [2.45, 2.75) is 52.5 Å². The van der Waals surface area contributed by atoms with E-state index in [1.165, 1.54) is 12.1 Å². The summed E-state index contributed by atoms with van der Waals surface area (Å²) in [6.45, 7) is 12.7. The summed E-state index contributed by atoms with van der Waals surface area (Å²) in [4.78, 5) is 24.9. The van der Waals surface area contributed by atoms with Crippen molar-refractivity contribution < 1.29 is 18.7 Å². The number of benzene rings is 2. The molecule has 0 saturated carbocycles. The second-order valence-electron chi connectivity index (χ2n) is 9.65. The number of hydrogen-bond donors (Lipinski definition) is 2.